The Morgan fingerprint density at radius 1 is 1.08 bits per heavy atom. The maximum atomic E-state index is 13.1. The molecule has 4 nitrogen and oxygen atoms in total. The van der Waals surface area contributed by atoms with E-state index in [9.17, 15) is 4.79 Å². The van der Waals surface area contributed by atoms with E-state index >= 15 is 0 Å². The number of carbonyl (C=O) groups excluding carboxylic acids is 1. The van der Waals surface area contributed by atoms with E-state index in [1.807, 2.05) is 0 Å². The van der Waals surface area contributed by atoms with Crippen molar-refractivity contribution in [3.05, 3.63) is 12.2 Å². The van der Waals surface area contributed by atoms with Gasteiger partial charge in [0.2, 0.25) is 5.91 Å². The first-order valence-electron chi connectivity index (χ1n) is 9.78. The summed E-state index contributed by atoms with van der Waals surface area (Å²) in [5.41, 5.74) is 0.151. The lowest BCUT2D eigenvalue weighted by molar-refractivity contribution is -0.141. The second-order valence-electron chi connectivity index (χ2n) is 8.23. The van der Waals surface area contributed by atoms with Crippen molar-refractivity contribution in [2.45, 2.75) is 63.8 Å². The van der Waals surface area contributed by atoms with Gasteiger partial charge in [-0.25, -0.2) is 0 Å². The fourth-order valence-electron chi connectivity index (χ4n) is 5.03. The molecule has 0 N–H and O–H groups in total. The fourth-order valence-corrected chi connectivity index (χ4v) is 5.03. The molecule has 0 aromatic heterocycles. The van der Waals surface area contributed by atoms with Crippen molar-refractivity contribution in [2.75, 3.05) is 39.9 Å². The predicted molar refractivity (Wildman–Crippen MR) is 96.9 cm³/mol. The molecule has 0 saturated carbocycles. The molecule has 0 aromatic carbocycles. The van der Waals surface area contributed by atoms with Crippen LogP contribution in [0.15, 0.2) is 12.2 Å². The first-order valence-corrected chi connectivity index (χ1v) is 9.78. The monoisotopic (exact) mass is 334 g/mol. The van der Waals surface area contributed by atoms with Crippen molar-refractivity contribution in [3.63, 3.8) is 0 Å². The van der Waals surface area contributed by atoms with Crippen molar-refractivity contribution in [3.8, 4) is 0 Å². The number of rotatable bonds is 4. The number of likely N-dealkylation sites (tertiary alicyclic amines) is 2. The highest BCUT2D eigenvalue weighted by Gasteiger charge is 2.43. The average molecular weight is 335 g/mol. The zero-order valence-corrected chi connectivity index (χ0v) is 15.6. The van der Waals surface area contributed by atoms with Crippen LogP contribution >= 0.6 is 0 Å². The van der Waals surface area contributed by atoms with Gasteiger partial charge in [0, 0.05) is 32.3 Å². The fraction of sp³-hybridized carbons (Fsp3) is 0.850. The Labute approximate surface area is 147 Å². The van der Waals surface area contributed by atoms with Gasteiger partial charge in [-0.15, -0.1) is 0 Å². The third-order valence-corrected chi connectivity index (χ3v) is 6.62. The Balaban J connectivity index is 1.64. The number of methoxy groups -OCH3 is 1. The number of ether oxygens (including phenoxy) is 1. The van der Waals surface area contributed by atoms with Gasteiger partial charge in [0.1, 0.15) is 0 Å². The summed E-state index contributed by atoms with van der Waals surface area (Å²) in [6, 6.07) is 0. The SMILES string of the molecule is COCCN1CCCC12CCCN(C(=O)C1(C)CC=CCC1)CC2. The van der Waals surface area contributed by atoms with Crippen molar-refractivity contribution < 1.29 is 9.53 Å². The topological polar surface area (TPSA) is 32.8 Å². The molecule has 24 heavy (non-hydrogen) atoms. The van der Waals surface area contributed by atoms with Crippen LogP contribution in [0.3, 0.4) is 0 Å². The Morgan fingerprint density at radius 2 is 1.88 bits per heavy atom. The van der Waals surface area contributed by atoms with Gasteiger partial charge in [-0.2, -0.15) is 0 Å². The van der Waals surface area contributed by atoms with E-state index in [0.717, 1.165) is 58.3 Å². The maximum Gasteiger partial charge on any atom is 0.228 e. The highest BCUT2D eigenvalue weighted by Crippen LogP contribution is 2.40. The second-order valence-corrected chi connectivity index (χ2v) is 8.23. The molecule has 136 valence electrons. The van der Waals surface area contributed by atoms with Crippen molar-refractivity contribution >= 4 is 5.91 Å². The molecular weight excluding hydrogens is 300 g/mol. The lowest BCUT2D eigenvalue weighted by Gasteiger charge is -2.39. The smallest absolute Gasteiger partial charge is 0.228 e. The molecule has 2 heterocycles. The second kappa shape index (κ2) is 7.57. The van der Waals surface area contributed by atoms with Crippen LogP contribution in [0.2, 0.25) is 0 Å². The highest BCUT2D eigenvalue weighted by atomic mass is 16.5. The van der Waals surface area contributed by atoms with Gasteiger partial charge in [0.15, 0.2) is 0 Å². The van der Waals surface area contributed by atoms with Gasteiger partial charge in [-0.3, -0.25) is 9.69 Å². The number of nitrogens with zero attached hydrogens (tertiary/aromatic N) is 2. The van der Waals surface area contributed by atoms with Crippen LogP contribution in [-0.2, 0) is 9.53 Å². The first-order chi connectivity index (χ1) is 11.6. The Hall–Kier alpha value is -0.870. The number of amides is 1. The van der Waals surface area contributed by atoms with Gasteiger partial charge in [-0.05, 0) is 57.9 Å². The minimum absolute atomic E-state index is 0.169. The third-order valence-electron chi connectivity index (χ3n) is 6.62. The zero-order valence-electron chi connectivity index (χ0n) is 15.6. The molecule has 2 unspecified atom stereocenters. The van der Waals surface area contributed by atoms with Gasteiger partial charge in [-0.1, -0.05) is 19.1 Å². The van der Waals surface area contributed by atoms with Crippen LogP contribution < -0.4 is 0 Å². The van der Waals surface area contributed by atoms with E-state index in [0.29, 0.717) is 11.4 Å². The van der Waals surface area contributed by atoms with Crippen molar-refractivity contribution in [1.82, 2.24) is 9.80 Å². The summed E-state index contributed by atoms with van der Waals surface area (Å²) in [5, 5.41) is 0. The molecule has 2 atom stereocenters. The number of allylic oxidation sites excluding steroid dienone is 2. The van der Waals surface area contributed by atoms with E-state index in [1.165, 1.54) is 25.8 Å². The van der Waals surface area contributed by atoms with Crippen LogP contribution in [0.4, 0.5) is 0 Å². The number of hydrogen-bond acceptors (Lipinski definition) is 3. The van der Waals surface area contributed by atoms with Crippen LogP contribution in [0.25, 0.3) is 0 Å². The van der Waals surface area contributed by atoms with Gasteiger partial charge in [0.05, 0.1) is 12.0 Å². The normalized spacial score (nSPS) is 34.7. The molecule has 3 aliphatic rings. The molecule has 0 aromatic rings. The van der Waals surface area contributed by atoms with E-state index in [2.05, 4.69) is 28.9 Å². The van der Waals surface area contributed by atoms with Crippen molar-refractivity contribution in [1.29, 1.82) is 0 Å². The largest absolute Gasteiger partial charge is 0.383 e. The van der Waals surface area contributed by atoms with Gasteiger partial charge >= 0.3 is 0 Å². The van der Waals surface area contributed by atoms with Crippen molar-refractivity contribution in [2.24, 2.45) is 5.41 Å². The summed E-state index contributed by atoms with van der Waals surface area (Å²) in [5.74, 6) is 0.394. The summed E-state index contributed by atoms with van der Waals surface area (Å²) >= 11 is 0. The van der Waals surface area contributed by atoms with E-state index < -0.39 is 0 Å². The number of hydrogen-bond donors (Lipinski definition) is 0. The summed E-state index contributed by atoms with van der Waals surface area (Å²) in [7, 11) is 1.79. The molecule has 2 saturated heterocycles. The quantitative estimate of drug-likeness (QED) is 0.740. The Bertz CT molecular complexity index is 478. The van der Waals surface area contributed by atoms with Gasteiger partial charge in [0.25, 0.3) is 0 Å². The molecule has 1 amide bonds. The number of carbonyl (C=O) groups is 1. The molecular formula is C20H34N2O2. The first kappa shape index (κ1) is 17.9. The van der Waals surface area contributed by atoms with Crippen LogP contribution in [-0.4, -0.2) is 61.1 Å². The third kappa shape index (κ3) is 3.55. The summed E-state index contributed by atoms with van der Waals surface area (Å²) in [4.78, 5) is 18.0. The lowest BCUT2D eigenvalue weighted by Crippen LogP contribution is -2.47. The lowest BCUT2D eigenvalue weighted by atomic mass is 9.77. The molecule has 2 aliphatic heterocycles. The molecule has 2 fully saturated rings. The summed E-state index contributed by atoms with van der Waals surface area (Å²) in [6.45, 7) is 7.08. The molecule has 0 bridgehead atoms. The van der Waals surface area contributed by atoms with Crippen LogP contribution in [0, 0.1) is 5.41 Å². The minimum atomic E-state index is -0.169. The standard InChI is InChI=1S/C20H34N2O2/c1-19(8-4-3-5-9-19)18(23)21-13-6-10-20(12-15-21)11-7-14-22(20)16-17-24-2/h3-4H,5-17H2,1-2H3. The summed E-state index contributed by atoms with van der Waals surface area (Å²) in [6.07, 6.45) is 13.5. The average Bonchev–Trinajstić information content (AvgIpc) is 2.85. The van der Waals surface area contributed by atoms with E-state index in [4.69, 9.17) is 4.74 Å². The zero-order chi connectivity index (χ0) is 17.0. The molecule has 0 radical (unpaired) electrons. The molecule has 3 rings (SSSR count). The van der Waals surface area contributed by atoms with E-state index in [-0.39, 0.29) is 5.41 Å². The maximum absolute atomic E-state index is 13.1. The Morgan fingerprint density at radius 3 is 2.58 bits per heavy atom. The molecule has 1 aliphatic carbocycles. The molecule has 1 spiro atoms. The van der Waals surface area contributed by atoms with Crippen LogP contribution in [0.5, 0.6) is 0 Å². The van der Waals surface area contributed by atoms with Gasteiger partial charge < -0.3 is 9.64 Å². The Kier molecular flexibility index (Phi) is 5.66. The predicted octanol–water partition coefficient (Wildman–Crippen LogP) is 3.23. The minimum Gasteiger partial charge on any atom is -0.383 e. The highest BCUT2D eigenvalue weighted by molar-refractivity contribution is 5.82. The summed E-state index contributed by atoms with van der Waals surface area (Å²) < 4.78 is 5.31. The van der Waals surface area contributed by atoms with E-state index in [1.54, 1.807) is 7.11 Å². The van der Waals surface area contributed by atoms with Crippen LogP contribution in [0.1, 0.15) is 58.3 Å². The molecule has 4 heteroatoms.